The lowest BCUT2D eigenvalue weighted by Gasteiger charge is -2.03. The standard InChI is InChI=1S/C8H9BrFN/c1-2-11-8-5-6(9)3-4-7(8)10/h3-5,11H,2H2,1H3. The van der Waals surface area contributed by atoms with Gasteiger partial charge in [0.2, 0.25) is 0 Å². The highest BCUT2D eigenvalue weighted by molar-refractivity contribution is 9.10. The van der Waals surface area contributed by atoms with Gasteiger partial charge in [-0.2, -0.15) is 0 Å². The summed E-state index contributed by atoms with van der Waals surface area (Å²) in [6.45, 7) is 2.66. The Balaban J connectivity index is 2.93. The number of halogens is 2. The number of nitrogens with one attached hydrogen (secondary N) is 1. The Hall–Kier alpha value is -0.570. The first-order valence-electron chi connectivity index (χ1n) is 3.43. The molecule has 1 rings (SSSR count). The van der Waals surface area contributed by atoms with Gasteiger partial charge in [0.15, 0.2) is 0 Å². The zero-order valence-corrected chi connectivity index (χ0v) is 7.78. The fourth-order valence-electron chi connectivity index (χ4n) is 0.823. The van der Waals surface area contributed by atoms with Crippen molar-refractivity contribution in [2.75, 3.05) is 11.9 Å². The number of rotatable bonds is 2. The molecule has 0 aliphatic heterocycles. The van der Waals surface area contributed by atoms with E-state index in [9.17, 15) is 4.39 Å². The minimum absolute atomic E-state index is 0.213. The molecule has 0 amide bonds. The summed E-state index contributed by atoms with van der Waals surface area (Å²) in [5.74, 6) is -0.213. The second kappa shape index (κ2) is 3.72. The fourth-order valence-corrected chi connectivity index (χ4v) is 1.18. The average Bonchev–Trinajstić information content (AvgIpc) is 1.98. The van der Waals surface area contributed by atoms with Crippen molar-refractivity contribution < 1.29 is 4.39 Å². The maximum absolute atomic E-state index is 12.9. The van der Waals surface area contributed by atoms with Crippen molar-refractivity contribution in [1.29, 1.82) is 0 Å². The topological polar surface area (TPSA) is 12.0 Å². The molecule has 1 aromatic rings. The molecule has 0 heterocycles. The van der Waals surface area contributed by atoms with E-state index < -0.39 is 0 Å². The maximum atomic E-state index is 12.9. The van der Waals surface area contributed by atoms with Crippen molar-refractivity contribution >= 4 is 21.6 Å². The van der Waals surface area contributed by atoms with Crippen LogP contribution in [0.25, 0.3) is 0 Å². The normalized spacial score (nSPS) is 9.73. The molecule has 1 nitrogen and oxygen atoms in total. The molecule has 0 aliphatic rings. The summed E-state index contributed by atoms with van der Waals surface area (Å²) in [6, 6.07) is 4.83. The number of anilines is 1. The van der Waals surface area contributed by atoms with Crippen LogP contribution in [0.2, 0.25) is 0 Å². The first kappa shape index (κ1) is 8.53. The molecule has 0 saturated heterocycles. The molecule has 11 heavy (non-hydrogen) atoms. The van der Waals surface area contributed by atoms with Gasteiger partial charge in [0.1, 0.15) is 5.82 Å². The molecule has 60 valence electrons. The van der Waals surface area contributed by atoms with E-state index in [1.807, 2.05) is 6.92 Å². The van der Waals surface area contributed by atoms with Crippen LogP contribution in [0, 0.1) is 5.82 Å². The van der Waals surface area contributed by atoms with Gasteiger partial charge in [0.05, 0.1) is 5.69 Å². The Morgan fingerprint density at radius 2 is 2.27 bits per heavy atom. The lowest BCUT2D eigenvalue weighted by Crippen LogP contribution is -1.98. The number of hydrogen-bond donors (Lipinski definition) is 1. The quantitative estimate of drug-likeness (QED) is 0.804. The minimum atomic E-state index is -0.213. The minimum Gasteiger partial charge on any atom is -0.383 e. The van der Waals surface area contributed by atoms with Crippen molar-refractivity contribution in [1.82, 2.24) is 0 Å². The van der Waals surface area contributed by atoms with Gasteiger partial charge in [0.25, 0.3) is 0 Å². The van der Waals surface area contributed by atoms with Crippen molar-refractivity contribution in [2.45, 2.75) is 6.92 Å². The third-order valence-electron chi connectivity index (χ3n) is 1.30. The smallest absolute Gasteiger partial charge is 0.146 e. The largest absolute Gasteiger partial charge is 0.383 e. The molecule has 0 aliphatic carbocycles. The first-order valence-corrected chi connectivity index (χ1v) is 4.22. The van der Waals surface area contributed by atoms with E-state index >= 15 is 0 Å². The summed E-state index contributed by atoms with van der Waals surface area (Å²) < 4.78 is 13.8. The summed E-state index contributed by atoms with van der Waals surface area (Å²) >= 11 is 3.26. The number of hydrogen-bond acceptors (Lipinski definition) is 1. The second-order valence-corrected chi connectivity index (χ2v) is 3.07. The van der Waals surface area contributed by atoms with Gasteiger partial charge >= 0.3 is 0 Å². The zero-order chi connectivity index (χ0) is 8.27. The second-order valence-electron chi connectivity index (χ2n) is 2.15. The van der Waals surface area contributed by atoms with Gasteiger partial charge < -0.3 is 5.32 Å². The molecule has 0 aromatic heterocycles. The summed E-state index contributed by atoms with van der Waals surface area (Å²) in [5.41, 5.74) is 0.543. The zero-order valence-electron chi connectivity index (χ0n) is 6.20. The highest BCUT2D eigenvalue weighted by Crippen LogP contribution is 2.19. The van der Waals surface area contributed by atoms with Crippen molar-refractivity contribution in [3.05, 3.63) is 28.5 Å². The molecule has 0 saturated carbocycles. The number of benzene rings is 1. The Morgan fingerprint density at radius 3 is 2.91 bits per heavy atom. The third-order valence-corrected chi connectivity index (χ3v) is 1.79. The van der Waals surface area contributed by atoms with Crippen LogP contribution in [0.4, 0.5) is 10.1 Å². The summed E-state index contributed by atoms with van der Waals surface area (Å²) in [6.07, 6.45) is 0. The van der Waals surface area contributed by atoms with Gasteiger partial charge in [-0.1, -0.05) is 15.9 Å². The maximum Gasteiger partial charge on any atom is 0.146 e. The predicted octanol–water partition coefficient (Wildman–Crippen LogP) is 3.02. The van der Waals surface area contributed by atoms with Gasteiger partial charge in [0, 0.05) is 11.0 Å². The average molecular weight is 218 g/mol. The molecule has 0 fully saturated rings. The van der Waals surface area contributed by atoms with Gasteiger partial charge in [-0.15, -0.1) is 0 Å². The van der Waals surface area contributed by atoms with Gasteiger partial charge in [-0.05, 0) is 25.1 Å². The molecule has 0 bridgehead atoms. The molecule has 0 spiro atoms. The lowest BCUT2D eigenvalue weighted by molar-refractivity contribution is 0.630. The van der Waals surface area contributed by atoms with Crippen molar-refractivity contribution in [3.8, 4) is 0 Å². The van der Waals surface area contributed by atoms with Crippen molar-refractivity contribution in [2.24, 2.45) is 0 Å². The lowest BCUT2D eigenvalue weighted by atomic mass is 10.3. The summed E-state index contributed by atoms with van der Waals surface area (Å²) in [5, 5.41) is 2.91. The van der Waals surface area contributed by atoms with Gasteiger partial charge in [-0.3, -0.25) is 0 Å². The van der Waals surface area contributed by atoms with Crippen LogP contribution in [0.5, 0.6) is 0 Å². The molecule has 0 atom stereocenters. The van der Waals surface area contributed by atoms with Crippen LogP contribution in [0.1, 0.15) is 6.92 Å². The third kappa shape index (κ3) is 2.19. The summed E-state index contributed by atoms with van der Waals surface area (Å²) in [4.78, 5) is 0. The molecular weight excluding hydrogens is 209 g/mol. The van der Waals surface area contributed by atoms with Crippen LogP contribution in [-0.2, 0) is 0 Å². The van der Waals surface area contributed by atoms with Crippen LogP contribution in [-0.4, -0.2) is 6.54 Å². The van der Waals surface area contributed by atoms with E-state index in [1.165, 1.54) is 6.07 Å². The molecule has 3 heteroatoms. The van der Waals surface area contributed by atoms with E-state index in [1.54, 1.807) is 12.1 Å². The monoisotopic (exact) mass is 217 g/mol. The van der Waals surface area contributed by atoms with Crippen LogP contribution in [0.15, 0.2) is 22.7 Å². The predicted molar refractivity (Wildman–Crippen MR) is 48.3 cm³/mol. The molecular formula is C8H9BrFN. The van der Waals surface area contributed by atoms with E-state index in [0.29, 0.717) is 5.69 Å². The van der Waals surface area contributed by atoms with Crippen molar-refractivity contribution in [3.63, 3.8) is 0 Å². The van der Waals surface area contributed by atoms with E-state index in [2.05, 4.69) is 21.2 Å². The highest BCUT2D eigenvalue weighted by Gasteiger charge is 1.99. The fraction of sp³-hybridized carbons (Fsp3) is 0.250. The molecule has 1 N–H and O–H groups in total. The molecule has 1 aromatic carbocycles. The Labute approximate surface area is 73.7 Å². The Bertz CT molecular complexity index is 250. The Kier molecular flexibility index (Phi) is 2.88. The van der Waals surface area contributed by atoms with Crippen LogP contribution in [0.3, 0.4) is 0 Å². The Morgan fingerprint density at radius 1 is 1.55 bits per heavy atom. The van der Waals surface area contributed by atoms with Gasteiger partial charge in [-0.25, -0.2) is 4.39 Å². The molecule has 0 unspecified atom stereocenters. The highest BCUT2D eigenvalue weighted by atomic mass is 79.9. The van der Waals surface area contributed by atoms with E-state index in [0.717, 1.165) is 11.0 Å². The van der Waals surface area contributed by atoms with Crippen LogP contribution >= 0.6 is 15.9 Å². The van der Waals surface area contributed by atoms with E-state index in [-0.39, 0.29) is 5.82 Å². The SMILES string of the molecule is CCNc1cc(Br)ccc1F. The molecule has 0 radical (unpaired) electrons. The van der Waals surface area contributed by atoms with Crippen LogP contribution < -0.4 is 5.32 Å². The summed E-state index contributed by atoms with van der Waals surface area (Å²) in [7, 11) is 0. The first-order chi connectivity index (χ1) is 5.24. The van der Waals surface area contributed by atoms with E-state index in [4.69, 9.17) is 0 Å².